The minimum Gasteiger partial charge on any atom is -0.460 e. The highest BCUT2D eigenvalue weighted by Crippen LogP contribution is 2.38. The van der Waals surface area contributed by atoms with Crippen LogP contribution in [0.25, 0.3) is 16.7 Å². The first-order valence-corrected chi connectivity index (χ1v) is 9.62. The van der Waals surface area contributed by atoms with Gasteiger partial charge in [-0.25, -0.2) is 0 Å². The van der Waals surface area contributed by atoms with Crippen LogP contribution in [0.1, 0.15) is 60.6 Å². The molecule has 1 aliphatic rings. The van der Waals surface area contributed by atoms with Gasteiger partial charge in [-0.1, -0.05) is 17.3 Å². The highest BCUT2D eigenvalue weighted by molar-refractivity contribution is 6.11. The fourth-order valence-corrected chi connectivity index (χ4v) is 3.43. The molecular weight excluding hydrogens is 384 g/mol. The monoisotopic (exact) mass is 410 g/mol. The molecule has 2 aromatic rings. The molecular formula is C22H26N4O4. The average Bonchev–Trinajstić information content (AvgIpc) is 2.99. The van der Waals surface area contributed by atoms with Crippen LogP contribution in [-0.4, -0.2) is 35.9 Å². The summed E-state index contributed by atoms with van der Waals surface area (Å²) in [6.07, 6.45) is 2.99. The number of aliphatic imine (C=N–C) groups is 1. The number of aryl methyl sites for hydroxylation is 1. The molecule has 8 heteroatoms. The van der Waals surface area contributed by atoms with E-state index in [0.29, 0.717) is 33.7 Å². The number of allylic oxidation sites excluding steroid dienone is 1. The number of carbonyl (C=O) groups is 2. The van der Waals surface area contributed by atoms with Crippen LogP contribution in [0, 0.1) is 6.92 Å². The zero-order chi connectivity index (χ0) is 22.1. The standard InChI is InChI=1S/C22H26N4O4/c1-12-19-15-7-6-13(14(10-23)11-24-5)8-16(15)21(28)25-17(20(19)30-26-12)9-18(27)29-22(2,3)4/h6-8,10-11,17H,9,23H2,1-5H3,(H,25,28)/b14-10+,24-11?/t17-/m0/s1. The fourth-order valence-electron chi connectivity index (χ4n) is 3.43. The summed E-state index contributed by atoms with van der Waals surface area (Å²) in [6.45, 7) is 7.18. The number of carbonyl (C=O) groups excluding carboxylic acids is 2. The maximum absolute atomic E-state index is 13.1. The highest BCUT2D eigenvalue weighted by atomic mass is 16.6. The second kappa shape index (κ2) is 8.14. The number of hydrogen-bond acceptors (Lipinski definition) is 7. The maximum atomic E-state index is 13.1. The molecule has 0 fully saturated rings. The number of aromatic nitrogens is 1. The summed E-state index contributed by atoms with van der Waals surface area (Å²) in [5, 5.41) is 6.95. The summed E-state index contributed by atoms with van der Waals surface area (Å²) in [6, 6.07) is 4.74. The summed E-state index contributed by atoms with van der Waals surface area (Å²) in [5.41, 5.74) is 8.97. The average molecular weight is 410 g/mol. The van der Waals surface area contributed by atoms with Gasteiger partial charge in [0.05, 0.1) is 17.7 Å². The molecule has 0 saturated heterocycles. The third-order valence-corrected chi connectivity index (χ3v) is 4.62. The number of ether oxygens (including phenoxy) is 1. The Hall–Kier alpha value is -3.42. The Morgan fingerprint density at radius 1 is 1.37 bits per heavy atom. The van der Waals surface area contributed by atoms with Crippen LogP contribution in [0.3, 0.4) is 0 Å². The lowest BCUT2D eigenvalue weighted by Crippen LogP contribution is -2.31. The van der Waals surface area contributed by atoms with Gasteiger partial charge in [0.25, 0.3) is 5.91 Å². The first kappa shape index (κ1) is 21.3. The quantitative estimate of drug-likeness (QED) is 0.590. The molecule has 3 N–H and O–H groups in total. The van der Waals surface area contributed by atoms with Gasteiger partial charge in [-0.3, -0.25) is 14.6 Å². The Kier molecular flexibility index (Phi) is 5.78. The number of esters is 1. The molecule has 2 heterocycles. The molecule has 0 aliphatic carbocycles. The van der Waals surface area contributed by atoms with E-state index in [9.17, 15) is 9.59 Å². The zero-order valence-corrected chi connectivity index (χ0v) is 17.8. The van der Waals surface area contributed by atoms with Crippen molar-refractivity contribution in [1.82, 2.24) is 10.5 Å². The summed E-state index contributed by atoms with van der Waals surface area (Å²) in [5.74, 6) is -0.328. The van der Waals surface area contributed by atoms with Gasteiger partial charge in [-0.2, -0.15) is 0 Å². The van der Waals surface area contributed by atoms with E-state index in [1.54, 1.807) is 47.0 Å². The molecule has 8 nitrogen and oxygen atoms in total. The smallest absolute Gasteiger partial charge is 0.308 e. The lowest BCUT2D eigenvalue weighted by Gasteiger charge is -2.21. The number of nitrogens with two attached hydrogens (primary N) is 1. The van der Waals surface area contributed by atoms with Crippen molar-refractivity contribution in [3.63, 3.8) is 0 Å². The molecule has 0 saturated carbocycles. The fraction of sp³-hybridized carbons (Fsp3) is 0.364. The SMILES string of the molecule is CN=C/C(=C\N)c1ccc2c(c1)C(=O)N[C@@H](CC(=O)OC(C)(C)C)c1onc(C)c1-2. The number of nitrogens with zero attached hydrogens (tertiary/aromatic N) is 2. The first-order valence-electron chi connectivity index (χ1n) is 9.62. The lowest BCUT2D eigenvalue weighted by molar-refractivity contribution is -0.155. The number of fused-ring (bicyclic) bond motifs is 3. The normalized spacial score (nSPS) is 16.6. The summed E-state index contributed by atoms with van der Waals surface area (Å²) >= 11 is 0. The van der Waals surface area contributed by atoms with Crippen LogP contribution in [0.4, 0.5) is 0 Å². The van der Waals surface area contributed by atoms with Gasteiger partial charge < -0.3 is 20.3 Å². The second-order valence-corrected chi connectivity index (χ2v) is 8.09. The Labute approximate surface area is 175 Å². The Bertz CT molecular complexity index is 1040. The summed E-state index contributed by atoms with van der Waals surface area (Å²) in [7, 11) is 1.65. The van der Waals surface area contributed by atoms with Crippen molar-refractivity contribution in [1.29, 1.82) is 0 Å². The first-order chi connectivity index (χ1) is 14.1. The predicted molar refractivity (Wildman–Crippen MR) is 114 cm³/mol. The Morgan fingerprint density at radius 2 is 2.10 bits per heavy atom. The van der Waals surface area contributed by atoms with E-state index in [1.807, 2.05) is 12.1 Å². The van der Waals surface area contributed by atoms with E-state index >= 15 is 0 Å². The second-order valence-electron chi connectivity index (χ2n) is 8.09. The van der Waals surface area contributed by atoms with Gasteiger partial charge in [-0.15, -0.1) is 0 Å². The van der Waals surface area contributed by atoms with Crippen molar-refractivity contribution >= 4 is 23.7 Å². The van der Waals surface area contributed by atoms with Crippen LogP contribution >= 0.6 is 0 Å². The van der Waals surface area contributed by atoms with Crippen molar-refractivity contribution in [2.45, 2.75) is 45.8 Å². The number of rotatable bonds is 4. The zero-order valence-electron chi connectivity index (χ0n) is 17.8. The molecule has 158 valence electrons. The number of nitrogens with one attached hydrogen (secondary N) is 1. The third kappa shape index (κ3) is 4.27. The van der Waals surface area contributed by atoms with Crippen molar-refractivity contribution < 1.29 is 18.8 Å². The maximum Gasteiger partial charge on any atom is 0.308 e. The van der Waals surface area contributed by atoms with E-state index in [4.69, 9.17) is 15.0 Å². The van der Waals surface area contributed by atoms with Crippen molar-refractivity contribution in [3.05, 3.63) is 47.0 Å². The molecule has 0 spiro atoms. The number of hydrogen-bond donors (Lipinski definition) is 2. The van der Waals surface area contributed by atoms with Crippen LogP contribution in [0.5, 0.6) is 0 Å². The van der Waals surface area contributed by atoms with Crippen LogP contribution in [-0.2, 0) is 9.53 Å². The molecule has 0 bridgehead atoms. The number of benzene rings is 1. The molecule has 3 rings (SSSR count). The van der Waals surface area contributed by atoms with E-state index in [0.717, 1.165) is 5.56 Å². The lowest BCUT2D eigenvalue weighted by atomic mass is 9.94. The molecule has 1 aromatic heterocycles. The Balaban J connectivity index is 2.05. The predicted octanol–water partition coefficient (Wildman–Crippen LogP) is 3.17. The summed E-state index contributed by atoms with van der Waals surface area (Å²) < 4.78 is 10.9. The minimum atomic E-state index is -0.693. The van der Waals surface area contributed by atoms with Gasteiger partial charge in [0.15, 0.2) is 5.76 Å². The van der Waals surface area contributed by atoms with Gasteiger partial charge >= 0.3 is 5.97 Å². The van der Waals surface area contributed by atoms with Crippen molar-refractivity contribution in [2.75, 3.05) is 7.05 Å². The van der Waals surface area contributed by atoms with E-state index in [1.165, 1.54) is 6.20 Å². The van der Waals surface area contributed by atoms with Gasteiger partial charge in [-0.05, 0) is 44.9 Å². The van der Waals surface area contributed by atoms with Crippen LogP contribution in [0.2, 0.25) is 0 Å². The molecule has 1 amide bonds. The van der Waals surface area contributed by atoms with Gasteiger partial charge in [0, 0.05) is 30.6 Å². The topological polar surface area (TPSA) is 120 Å². The van der Waals surface area contributed by atoms with E-state index < -0.39 is 17.6 Å². The van der Waals surface area contributed by atoms with E-state index in [-0.39, 0.29) is 12.3 Å². The minimum absolute atomic E-state index is 0.0675. The molecule has 0 unspecified atom stereocenters. The molecule has 0 radical (unpaired) electrons. The molecule has 1 aliphatic heterocycles. The molecule has 1 atom stereocenters. The molecule has 1 aromatic carbocycles. The van der Waals surface area contributed by atoms with Crippen LogP contribution < -0.4 is 11.1 Å². The summed E-state index contributed by atoms with van der Waals surface area (Å²) in [4.78, 5) is 29.5. The number of amides is 1. The van der Waals surface area contributed by atoms with Crippen molar-refractivity contribution in [3.8, 4) is 11.1 Å². The van der Waals surface area contributed by atoms with E-state index in [2.05, 4.69) is 15.5 Å². The Morgan fingerprint density at radius 3 is 2.73 bits per heavy atom. The van der Waals surface area contributed by atoms with Crippen LogP contribution in [0.15, 0.2) is 33.9 Å². The largest absolute Gasteiger partial charge is 0.460 e. The van der Waals surface area contributed by atoms with Gasteiger partial charge in [0.1, 0.15) is 11.6 Å². The van der Waals surface area contributed by atoms with Gasteiger partial charge in [0.2, 0.25) is 0 Å². The highest BCUT2D eigenvalue weighted by Gasteiger charge is 2.34. The molecule has 30 heavy (non-hydrogen) atoms. The third-order valence-electron chi connectivity index (χ3n) is 4.62. The van der Waals surface area contributed by atoms with Crippen molar-refractivity contribution in [2.24, 2.45) is 10.7 Å².